The summed E-state index contributed by atoms with van der Waals surface area (Å²) in [5.41, 5.74) is 1.62. The standard InChI is InChI=1S/C13H11N3O3S/c17-12(10-7-11(10)16(18)19)15-9-3-1-8(2-4-9)13-14-5-6-20-13/h1-6,10-11H,7H2,(H,15,17)/t10-,11+/m0/s1. The molecule has 0 saturated heterocycles. The van der Waals surface area contributed by atoms with Crippen molar-refractivity contribution in [2.75, 3.05) is 5.32 Å². The molecule has 1 N–H and O–H groups in total. The Balaban J connectivity index is 1.64. The van der Waals surface area contributed by atoms with Gasteiger partial charge >= 0.3 is 0 Å². The molecular weight excluding hydrogens is 278 g/mol. The number of rotatable bonds is 4. The number of aromatic nitrogens is 1. The van der Waals surface area contributed by atoms with E-state index in [0.29, 0.717) is 12.1 Å². The van der Waals surface area contributed by atoms with E-state index in [0.717, 1.165) is 10.6 Å². The molecular formula is C13H11N3O3S. The van der Waals surface area contributed by atoms with Crippen LogP contribution in [0.15, 0.2) is 35.8 Å². The molecule has 0 aliphatic heterocycles. The summed E-state index contributed by atoms with van der Waals surface area (Å²) in [4.78, 5) is 26.1. The third kappa shape index (κ3) is 2.53. The molecule has 1 amide bonds. The first-order chi connectivity index (χ1) is 9.65. The van der Waals surface area contributed by atoms with E-state index in [1.54, 1.807) is 29.7 Å². The van der Waals surface area contributed by atoms with Gasteiger partial charge in [-0.1, -0.05) is 0 Å². The summed E-state index contributed by atoms with van der Waals surface area (Å²) in [5.74, 6) is -0.780. The van der Waals surface area contributed by atoms with Crippen molar-refractivity contribution in [1.82, 2.24) is 4.98 Å². The molecule has 0 radical (unpaired) electrons. The summed E-state index contributed by atoms with van der Waals surface area (Å²) >= 11 is 1.54. The molecule has 20 heavy (non-hydrogen) atoms. The van der Waals surface area contributed by atoms with Crippen molar-refractivity contribution in [1.29, 1.82) is 0 Å². The molecule has 1 aliphatic carbocycles. The van der Waals surface area contributed by atoms with Crippen LogP contribution in [0, 0.1) is 16.0 Å². The Kier molecular flexibility index (Phi) is 3.19. The summed E-state index contributed by atoms with van der Waals surface area (Å²) in [7, 11) is 0. The SMILES string of the molecule is O=C(Nc1ccc(-c2nccs2)cc1)[C@H]1C[C@H]1[N+](=O)[O-]. The number of hydrogen-bond donors (Lipinski definition) is 1. The van der Waals surface area contributed by atoms with Gasteiger partial charge in [0.15, 0.2) is 0 Å². The Hall–Kier alpha value is -2.28. The molecule has 0 unspecified atom stereocenters. The van der Waals surface area contributed by atoms with Crippen molar-refractivity contribution in [3.05, 3.63) is 46.0 Å². The molecule has 1 saturated carbocycles. The van der Waals surface area contributed by atoms with Crippen LogP contribution in [0.2, 0.25) is 0 Å². The average molecular weight is 289 g/mol. The number of carbonyl (C=O) groups is 1. The summed E-state index contributed by atoms with van der Waals surface area (Å²) in [6.45, 7) is 0. The van der Waals surface area contributed by atoms with Crippen molar-refractivity contribution in [2.24, 2.45) is 5.92 Å². The second-order valence-corrected chi connectivity index (χ2v) is 5.49. The van der Waals surface area contributed by atoms with Gasteiger partial charge in [-0.05, 0) is 24.3 Å². The zero-order valence-corrected chi connectivity index (χ0v) is 11.2. The van der Waals surface area contributed by atoms with E-state index < -0.39 is 16.9 Å². The van der Waals surface area contributed by atoms with Crippen LogP contribution >= 0.6 is 11.3 Å². The number of amides is 1. The molecule has 0 bridgehead atoms. The molecule has 0 spiro atoms. The fraction of sp³-hybridized carbons (Fsp3) is 0.231. The molecule has 3 rings (SSSR count). The number of nitro groups is 1. The normalized spacial score (nSPS) is 20.4. The van der Waals surface area contributed by atoms with Gasteiger partial charge in [-0.3, -0.25) is 14.9 Å². The minimum atomic E-state index is -0.718. The second-order valence-electron chi connectivity index (χ2n) is 4.60. The van der Waals surface area contributed by atoms with E-state index in [1.165, 1.54) is 0 Å². The predicted octanol–water partition coefficient (Wildman–Crippen LogP) is 2.41. The molecule has 1 heterocycles. The zero-order valence-electron chi connectivity index (χ0n) is 10.4. The predicted molar refractivity (Wildman–Crippen MR) is 75.1 cm³/mol. The van der Waals surface area contributed by atoms with Crippen LogP contribution in [-0.2, 0) is 4.79 Å². The zero-order chi connectivity index (χ0) is 14.1. The van der Waals surface area contributed by atoms with Crippen LogP contribution in [0.3, 0.4) is 0 Å². The Morgan fingerprint density at radius 2 is 2.15 bits per heavy atom. The number of nitrogens with zero attached hydrogens (tertiary/aromatic N) is 2. The molecule has 6 nitrogen and oxygen atoms in total. The number of carbonyl (C=O) groups excluding carboxylic acids is 1. The fourth-order valence-corrected chi connectivity index (χ4v) is 2.64. The van der Waals surface area contributed by atoms with Crippen LogP contribution in [0.1, 0.15) is 6.42 Å². The van der Waals surface area contributed by atoms with Gasteiger partial charge in [0, 0.05) is 34.2 Å². The lowest BCUT2D eigenvalue weighted by Crippen LogP contribution is -2.18. The summed E-state index contributed by atoms with van der Waals surface area (Å²) in [5, 5.41) is 16.0. The van der Waals surface area contributed by atoms with E-state index in [2.05, 4.69) is 10.3 Å². The maximum absolute atomic E-state index is 11.8. The first-order valence-electron chi connectivity index (χ1n) is 6.09. The Morgan fingerprint density at radius 1 is 1.40 bits per heavy atom. The summed E-state index contributed by atoms with van der Waals surface area (Å²) in [6, 6.07) is 6.57. The molecule has 1 aliphatic rings. The smallest absolute Gasteiger partial charge is 0.234 e. The molecule has 102 valence electrons. The minimum Gasteiger partial charge on any atom is -0.326 e. The Labute approximate surface area is 118 Å². The molecule has 1 aromatic heterocycles. The first-order valence-corrected chi connectivity index (χ1v) is 6.97. The topological polar surface area (TPSA) is 85.1 Å². The summed E-state index contributed by atoms with van der Waals surface area (Å²) in [6.07, 6.45) is 2.07. The van der Waals surface area contributed by atoms with Crippen molar-refractivity contribution in [3.8, 4) is 10.6 Å². The Morgan fingerprint density at radius 3 is 2.70 bits per heavy atom. The van der Waals surface area contributed by atoms with E-state index in [1.807, 2.05) is 17.5 Å². The van der Waals surface area contributed by atoms with Gasteiger partial charge in [-0.15, -0.1) is 11.3 Å². The lowest BCUT2D eigenvalue weighted by molar-refractivity contribution is -0.497. The quantitative estimate of drug-likeness (QED) is 0.692. The maximum atomic E-state index is 11.8. The van der Waals surface area contributed by atoms with Crippen LogP contribution in [-0.4, -0.2) is 21.9 Å². The van der Waals surface area contributed by atoms with Crippen molar-refractivity contribution >= 4 is 22.9 Å². The lowest BCUT2D eigenvalue weighted by Gasteiger charge is -2.04. The van der Waals surface area contributed by atoms with Gasteiger partial charge in [0.1, 0.15) is 10.9 Å². The minimum absolute atomic E-state index is 0.284. The van der Waals surface area contributed by atoms with Crippen LogP contribution < -0.4 is 5.32 Å². The van der Waals surface area contributed by atoms with Crippen molar-refractivity contribution < 1.29 is 9.72 Å². The van der Waals surface area contributed by atoms with Crippen molar-refractivity contribution in [3.63, 3.8) is 0 Å². The van der Waals surface area contributed by atoms with E-state index in [4.69, 9.17) is 0 Å². The Bertz CT molecular complexity index is 639. The van der Waals surface area contributed by atoms with Crippen LogP contribution in [0.25, 0.3) is 10.6 Å². The molecule has 2 aromatic rings. The van der Waals surface area contributed by atoms with Gasteiger partial charge in [-0.25, -0.2) is 4.98 Å². The first kappa shape index (κ1) is 12.7. The highest BCUT2D eigenvalue weighted by atomic mass is 32.1. The van der Waals surface area contributed by atoms with Crippen molar-refractivity contribution in [2.45, 2.75) is 12.5 Å². The van der Waals surface area contributed by atoms with E-state index in [-0.39, 0.29) is 5.91 Å². The number of hydrogen-bond acceptors (Lipinski definition) is 5. The maximum Gasteiger partial charge on any atom is 0.234 e. The number of nitrogens with one attached hydrogen (secondary N) is 1. The van der Waals surface area contributed by atoms with E-state index >= 15 is 0 Å². The highest BCUT2D eigenvalue weighted by molar-refractivity contribution is 7.13. The molecule has 1 fully saturated rings. The van der Waals surface area contributed by atoms with Gasteiger partial charge in [0.25, 0.3) is 0 Å². The van der Waals surface area contributed by atoms with Gasteiger partial charge in [0.2, 0.25) is 11.9 Å². The lowest BCUT2D eigenvalue weighted by atomic mass is 10.2. The van der Waals surface area contributed by atoms with Gasteiger partial charge in [-0.2, -0.15) is 0 Å². The van der Waals surface area contributed by atoms with Gasteiger partial charge in [0.05, 0.1) is 0 Å². The molecule has 2 atom stereocenters. The number of benzene rings is 1. The average Bonchev–Trinajstić information content (AvgIpc) is 3.07. The second kappa shape index (κ2) is 5.01. The monoisotopic (exact) mass is 289 g/mol. The largest absolute Gasteiger partial charge is 0.326 e. The highest BCUT2D eigenvalue weighted by Gasteiger charge is 2.53. The number of anilines is 1. The highest BCUT2D eigenvalue weighted by Crippen LogP contribution is 2.34. The van der Waals surface area contributed by atoms with Gasteiger partial charge < -0.3 is 5.32 Å². The third-order valence-corrected chi connectivity index (χ3v) is 4.02. The number of thiazole rings is 1. The molecule has 1 aromatic carbocycles. The summed E-state index contributed by atoms with van der Waals surface area (Å²) < 4.78 is 0. The fourth-order valence-electron chi connectivity index (χ4n) is 1.99. The van der Waals surface area contributed by atoms with Crippen LogP contribution in [0.4, 0.5) is 5.69 Å². The van der Waals surface area contributed by atoms with Crippen LogP contribution in [0.5, 0.6) is 0 Å². The molecule has 7 heteroatoms. The van der Waals surface area contributed by atoms with E-state index in [9.17, 15) is 14.9 Å². The third-order valence-electron chi connectivity index (χ3n) is 3.20.